The van der Waals surface area contributed by atoms with E-state index in [0.717, 1.165) is 17.1 Å². The number of para-hydroxylation sites is 4. The number of hydrogen-bond acceptors (Lipinski definition) is 8. The van der Waals surface area contributed by atoms with Crippen LogP contribution in [-0.4, -0.2) is 71.5 Å². The van der Waals surface area contributed by atoms with E-state index < -0.39 is 6.04 Å². The first-order valence-electron chi connectivity index (χ1n) is 18.3. The Morgan fingerprint density at radius 1 is 0.887 bits per heavy atom. The Hall–Kier alpha value is -5.39. The van der Waals surface area contributed by atoms with E-state index in [1.807, 2.05) is 87.6 Å². The van der Waals surface area contributed by atoms with Gasteiger partial charge in [0.1, 0.15) is 17.6 Å². The highest BCUT2D eigenvalue weighted by Gasteiger charge is 2.34. The molecule has 5 N–H and O–H groups in total. The highest BCUT2D eigenvalue weighted by Crippen LogP contribution is 2.35. The van der Waals surface area contributed by atoms with Gasteiger partial charge in [-0.3, -0.25) is 19.3 Å². The molecule has 0 bridgehead atoms. The van der Waals surface area contributed by atoms with Crippen LogP contribution in [-0.2, 0) is 16.1 Å². The van der Waals surface area contributed by atoms with Crippen LogP contribution < -0.4 is 25.8 Å². The Labute approximate surface area is 312 Å². The number of rotatable bonds is 16. The Balaban J connectivity index is 1.21. The lowest BCUT2D eigenvalue weighted by Gasteiger charge is -2.38. The second-order valence-electron chi connectivity index (χ2n) is 13.8. The molecule has 4 aromatic carbocycles. The SMILES string of the molecule is C[C@@H]1CN([C@@H](C)CO)C(=O)c2cccc(NC(=O)CCCCCC(=O)Nc3ccccc3N)c2O[C@H]1CN(C)Cc1ccc(Oc2ccccc2)cc1. The average molecular weight is 722 g/mol. The molecule has 0 fully saturated rings. The number of fused-ring (bicyclic) bond motifs is 1. The van der Waals surface area contributed by atoms with Crippen molar-refractivity contribution in [3.8, 4) is 17.2 Å². The molecule has 3 amide bonds. The summed E-state index contributed by atoms with van der Waals surface area (Å²) in [6.45, 7) is 5.29. The van der Waals surface area contributed by atoms with Gasteiger partial charge in [-0.25, -0.2) is 0 Å². The van der Waals surface area contributed by atoms with Gasteiger partial charge in [0.25, 0.3) is 5.91 Å². The first-order valence-corrected chi connectivity index (χ1v) is 18.3. The van der Waals surface area contributed by atoms with Crippen molar-refractivity contribution in [1.82, 2.24) is 9.80 Å². The van der Waals surface area contributed by atoms with Crippen molar-refractivity contribution in [3.05, 3.63) is 108 Å². The van der Waals surface area contributed by atoms with Crippen LogP contribution in [0.25, 0.3) is 0 Å². The zero-order valence-corrected chi connectivity index (χ0v) is 30.8. The molecular weight excluding hydrogens is 670 g/mol. The fraction of sp³-hybridized carbons (Fsp3) is 0.357. The Kier molecular flexibility index (Phi) is 13.9. The number of aliphatic hydroxyl groups is 1. The van der Waals surface area contributed by atoms with Crippen LogP contribution in [0.1, 0.15) is 61.9 Å². The summed E-state index contributed by atoms with van der Waals surface area (Å²) in [5.74, 6) is 1.17. The lowest BCUT2D eigenvalue weighted by atomic mass is 9.98. The van der Waals surface area contributed by atoms with Gasteiger partial charge in [-0.05, 0) is 80.9 Å². The summed E-state index contributed by atoms with van der Waals surface area (Å²) in [7, 11) is 2.03. The number of hydrogen-bond donors (Lipinski definition) is 4. The van der Waals surface area contributed by atoms with Crippen LogP contribution in [0.15, 0.2) is 97.1 Å². The molecule has 1 heterocycles. The predicted molar refractivity (Wildman–Crippen MR) is 208 cm³/mol. The quantitative estimate of drug-likeness (QED) is 0.0719. The third-order valence-corrected chi connectivity index (χ3v) is 9.35. The fourth-order valence-electron chi connectivity index (χ4n) is 6.31. The highest BCUT2D eigenvalue weighted by molar-refractivity contribution is 6.01. The maximum atomic E-state index is 13.9. The van der Waals surface area contributed by atoms with E-state index in [1.54, 1.807) is 35.2 Å². The van der Waals surface area contributed by atoms with Gasteiger partial charge in [-0.1, -0.05) is 61.9 Å². The van der Waals surface area contributed by atoms with Crippen LogP contribution >= 0.6 is 0 Å². The fourth-order valence-corrected chi connectivity index (χ4v) is 6.31. The number of anilines is 3. The minimum absolute atomic E-state index is 0.0931. The lowest BCUT2D eigenvalue weighted by molar-refractivity contribution is -0.116. The van der Waals surface area contributed by atoms with Gasteiger partial charge in [0.15, 0.2) is 5.75 Å². The maximum absolute atomic E-state index is 13.9. The van der Waals surface area contributed by atoms with Gasteiger partial charge >= 0.3 is 0 Å². The van der Waals surface area contributed by atoms with Crippen molar-refractivity contribution in [1.29, 1.82) is 0 Å². The van der Waals surface area contributed by atoms with Crippen molar-refractivity contribution < 1.29 is 29.0 Å². The number of nitrogen functional groups attached to an aromatic ring is 1. The topological polar surface area (TPSA) is 146 Å². The van der Waals surface area contributed by atoms with Crippen molar-refractivity contribution in [2.45, 2.75) is 64.6 Å². The summed E-state index contributed by atoms with van der Waals surface area (Å²) in [6.07, 6.45) is 2.14. The second-order valence-corrected chi connectivity index (χ2v) is 13.8. The summed E-state index contributed by atoms with van der Waals surface area (Å²) in [5, 5.41) is 15.9. The first-order chi connectivity index (χ1) is 25.6. The van der Waals surface area contributed by atoms with Crippen LogP contribution in [0, 0.1) is 5.92 Å². The van der Waals surface area contributed by atoms with Crippen molar-refractivity contribution in [2.75, 3.05) is 43.1 Å². The molecule has 0 saturated heterocycles. The molecule has 0 saturated carbocycles. The monoisotopic (exact) mass is 721 g/mol. The molecule has 11 heteroatoms. The van der Waals surface area contributed by atoms with Gasteiger partial charge in [0, 0.05) is 38.4 Å². The predicted octanol–water partition coefficient (Wildman–Crippen LogP) is 6.94. The molecule has 11 nitrogen and oxygen atoms in total. The zero-order valence-electron chi connectivity index (χ0n) is 30.8. The molecule has 0 radical (unpaired) electrons. The van der Waals surface area contributed by atoms with E-state index >= 15 is 0 Å². The van der Waals surface area contributed by atoms with Gasteiger partial charge in [0.2, 0.25) is 11.8 Å². The Morgan fingerprint density at radius 3 is 2.19 bits per heavy atom. The molecule has 0 spiro atoms. The molecule has 4 aromatic rings. The summed E-state index contributed by atoms with van der Waals surface area (Å²) in [5.41, 5.74) is 8.88. The van der Waals surface area contributed by atoms with Crippen LogP contribution in [0.5, 0.6) is 17.2 Å². The van der Waals surface area contributed by atoms with E-state index in [9.17, 15) is 19.5 Å². The molecule has 3 atom stereocenters. The van der Waals surface area contributed by atoms with E-state index in [4.69, 9.17) is 15.2 Å². The molecule has 0 aliphatic carbocycles. The lowest BCUT2D eigenvalue weighted by Crippen LogP contribution is -2.49. The molecule has 53 heavy (non-hydrogen) atoms. The standard InChI is InChI=1S/C42H51N5O6/c1-29-25-47(30(2)28-48)42(51)34-15-12-18-37(45-40(50)20-9-5-8-19-39(49)44-36-17-11-10-16-35(36)43)41(34)53-38(29)27-46(3)26-31-21-23-33(24-22-31)52-32-13-6-4-7-14-32/h4,6-7,10-18,21-24,29-30,38,48H,5,8-9,19-20,25-28,43H2,1-3H3,(H,44,49)(H,45,50)/t29-,30+,38+/m1/s1. The van der Waals surface area contributed by atoms with Crippen LogP contribution in [0.4, 0.5) is 17.1 Å². The summed E-state index contributed by atoms with van der Waals surface area (Å²) in [4.78, 5) is 43.3. The van der Waals surface area contributed by atoms with Gasteiger partial charge in [-0.15, -0.1) is 0 Å². The van der Waals surface area contributed by atoms with E-state index in [-0.39, 0.29) is 42.8 Å². The number of unbranched alkanes of at least 4 members (excludes halogenated alkanes) is 2. The molecule has 0 unspecified atom stereocenters. The summed E-state index contributed by atoms with van der Waals surface area (Å²) in [6, 6.07) is 29.5. The van der Waals surface area contributed by atoms with E-state index in [2.05, 4.69) is 15.5 Å². The van der Waals surface area contributed by atoms with E-state index in [0.29, 0.717) is 73.7 Å². The normalized spacial score (nSPS) is 16.2. The van der Waals surface area contributed by atoms with Crippen molar-refractivity contribution >= 4 is 34.8 Å². The maximum Gasteiger partial charge on any atom is 0.258 e. The summed E-state index contributed by atoms with van der Waals surface area (Å²) >= 11 is 0. The van der Waals surface area contributed by atoms with Crippen molar-refractivity contribution in [3.63, 3.8) is 0 Å². The van der Waals surface area contributed by atoms with Crippen LogP contribution in [0.3, 0.4) is 0 Å². The second kappa shape index (κ2) is 18.9. The minimum Gasteiger partial charge on any atom is -0.486 e. The number of amides is 3. The van der Waals surface area contributed by atoms with Gasteiger partial charge < -0.3 is 35.8 Å². The molecular formula is C42H51N5O6. The number of carbonyl (C=O) groups excluding carboxylic acids is 3. The number of benzene rings is 4. The van der Waals surface area contributed by atoms with Gasteiger partial charge in [0.05, 0.1) is 35.3 Å². The number of likely N-dealkylation sites (N-methyl/N-ethyl adjacent to an activating group) is 1. The Morgan fingerprint density at radius 2 is 1.51 bits per heavy atom. The largest absolute Gasteiger partial charge is 0.486 e. The Bertz CT molecular complexity index is 1820. The number of nitrogens with one attached hydrogen (secondary N) is 2. The molecule has 280 valence electrons. The highest BCUT2D eigenvalue weighted by atomic mass is 16.5. The summed E-state index contributed by atoms with van der Waals surface area (Å²) < 4.78 is 12.6. The third-order valence-electron chi connectivity index (χ3n) is 9.35. The average Bonchev–Trinajstić information content (AvgIpc) is 3.15. The minimum atomic E-state index is -0.406. The smallest absolute Gasteiger partial charge is 0.258 e. The molecule has 1 aliphatic heterocycles. The van der Waals surface area contributed by atoms with Gasteiger partial charge in [-0.2, -0.15) is 0 Å². The number of ether oxygens (including phenoxy) is 2. The van der Waals surface area contributed by atoms with Crippen LogP contribution in [0.2, 0.25) is 0 Å². The van der Waals surface area contributed by atoms with E-state index in [1.165, 1.54) is 0 Å². The molecule has 1 aliphatic rings. The molecule has 5 rings (SSSR count). The third kappa shape index (κ3) is 11.1. The number of aliphatic hydroxyl groups excluding tert-OH is 1. The number of carbonyl (C=O) groups is 3. The zero-order chi connectivity index (χ0) is 37.7. The number of nitrogens with zero attached hydrogens (tertiary/aromatic N) is 2. The first kappa shape index (κ1) is 38.8. The van der Waals surface area contributed by atoms with Crippen molar-refractivity contribution in [2.24, 2.45) is 5.92 Å². The molecule has 0 aromatic heterocycles. The number of nitrogens with two attached hydrogens (primary N) is 1.